The number of sulfonamides is 1. The second kappa shape index (κ2) is 6.23. The molecule has 0 aromatic heterocycles. The van der Waals surface area contributed by atoms with Crippen molar-refractivity contribution >= 4 is 43.2 Å². The second-order valence-corrected chi connectivity index (χ2v) is 7.35. The largest absolute Gasteiger partial charge is 0.398 e. The summed E-state index contributed by atoms with van der Waals surface area (Å²) in [5.74, 6) is 0.431. The van der Waals surface area contributed by atoms with Gasteiger partial charge in [-0.25, -0.2) is 13.1 Å². The number of halogens is 2. The van der Waals surface area contributed by atoms with Gasteiger partial charge in [0.05, 0.1) is 9.37 Å². The summed E-state index contributed by atoms with van der Waals surface area (Å²) in [4.78, 5) is 0.0660. The first kappa shape index (κ1) is 15.8. The normalized spacial score (nSPS) is 12.1. The van der Waals surface area contributed by atoms with Gasteiger partial charge in [0, 0.05) is 17.3 Å². The zero-order chi connectivity index (χ0) is 13.9. The summed E-state index contributed by atoms with van der Waals surface area (Å²) in [6.45, 7) is 4.45. The van der Waals surface area contributed by atoms with Gasteiger partial charge in [-0.2, -0.15) is 0 Å². The van der Waals surface area contributed by atoms with E-state index in [9.17, 15) is 8.42 Å². The van der Waals surface area contributed by atoms with E-state index in [4.69, 9.17) is 17.3 Å². The van der Waals surface area contributed by atoms with Crippen LogP contribution < -0.4 is 10.5 Å². The number of benzene rings is 1. The first-order chi connectivity index (χ1) is 8.24. The third-order valence-electron chi connectivity index (χ3n) is 2.34. The van der Waals surface area contributed by atoms with E-state index in [2.05, 4.69) is 20.7 Å². The van der Waals surface area contributed by atoms with Crippen LogP contribution in [-0.4, -0.2) is 15.0 Å². The highest BCUT2D eigenvalue weighted by atomic mass is 79.9. The van der Waals surface area contributed by atoms with E-state index in [0.717, 1.165) is 6.42 Å². The summed E-state index contributed by atoms with van der Waals surface area (Å²) in [5, 5.41) is 0.292. The summed E-state index contributed by atoms with van der Waals surface area (Å²) < 4.78 is 27.0. The Morgan fingerprint density at radius 3 is 2.61 bits per heavy atom. The van der Waals surface area contributed by atoms with E-state index in [1.54, 1.807) is 0 Å². The molecule has 18 heavy (non-hydrogen) atoms. The molecular formula is C11H16BrClN2O2S. The van der Waals surface area contributed by atoms with Gasteiger partial charge in [0.25, 0.3) is 0 Å². The molecule has 4 nitrogen and oxygen atoms in total. The van der Waals surface area contributed by atoms with Crippen molar-refractivity contribution in [1.82, 2.24) is 4.72 Å². The van der Waals surface area contributed by atoms with Gasteiger partial charge in [-0.15, -0.1) is 0 Å². The predicted molar refractivity (Wildman–Crippen MR) is 78.2 cm³/mol. The Morgan fingerprint density at radius 1 is 1.44 bits per heavy atom. The van der Waals surface area contributed by atoms with E-state index in [1.807, 2.05) is 13.8 Å². The molecule has 0 unspecified atom stereocenters. The number of rotatable bonds is 5. The zero-order valence-corrected chi connectivity index (χ0v) is 13.4. The van der Waals surface area contributed by atoms with E-state index in [-0.39, 0.29) is 4.90 Å². The van der Waals surface area contributed by atoms with Crippen molar-refractivity contribution in [3.05, 3.63) is 21.6 Å². The maximum absolute atomic E-state index is 12.1. The number of nitrogen functional groups attached to an aromatic ring is 1. The van der Waals surface area contributed by atoms with Gasteiger partial charge >= 0.3 is 0 Å². The molecule has 3 N–H and O–H groups in total. The predicted octanol–water partition coefficient (Wildman–Crippen LogP) is 3.01. The fourth-order valence-corrected chi connectivity index (χ4v) is 3.68. The minimum Gasteiger partial charge on any atom is -0.398 e. The van der Waals surface area contributed by atoms with Crippen LogP contribution in [0.15, 0.2) is 21.5 Å². The number of anilines is 1. The van der Waals surface area contributed by atoms with Gasteiger partial charge in [0.2, 0.25) is 10.0 Å². The average Bonchev–Trinajstić information content (AvgIpc) is 2.22. The Hall–Kier alpha value is -0.300. The summed E-state index contributed by atoms with van der Waals surface area (Å²) in [7, 11) is -3.59. The van der Waals surface area contributed by atoms with E-state index in [0.29, 0.717) is 27.6 Å². The van der Waals surface area contributed by atoms with E-state index in [1.165, 1.54) is 12.1 Å². The highest BCUT2D eigenvalue weighted by molar-refractivity contribution is 9.10. The van der Waals surface area contributed by atoms with Crippen molar-refractivity contribution in [2.24, 2.45) is 5.92 Å². The van der Waals surface area contributed by atoms with Crippen LogP contribution in [0.2, 0.25) is 5.02 Å². The molecule has 1 rings (SSSR count). The number of nitrogens with two attached hydrogens (primary N) is 1. The summed E-state index contributed by atoms with van der Waals surface area (Å²) >= 11 is 8.99. The lowest BCUT2D eigenvalue weighted by molar-refractivity contribution is 0.551. The van der Waals surface area contributed by atoms with Gasteiger partial charge in [-0.05, 0) is 40.4 Å². The molecule has 0 bridgehead atoms. The van der Waals surface area contributed by atoms with Crippen molar-refractivity contribution in [2.45, 2.75) is 25.2 Å². The van der Waals surface area contributed by atoms with Crippen LogP contribution in [-0.2, 0) is 10.0 Å². The molecule has 0 saturated carbocycles. The quantitative estimate of drug-likeness (QED) is 0.797. The van der Waals surface area contributed by atoms with Crippen LogP contribution in [0.4, 0.5) is 5.69 Å². The third kappa shape index (κ3) is 4.12. The van der Waals surface area contributed by atoms with Gasteiger partial charge in [-0.3, -0.25) is 0 Å². The molecule has 0 radical (unpaired) electrons. The molecule has 0 saturated heterocycles. The lowest BCUT2D eigenvalue weighted by Crippen LogP contribution is -2.26. The van der Waals surface area contributed by atoms with Crippen molar-refractivity contribution in [3.8, 4) is 0 Å². The van der Waals surface area contributed by atoms with Crippen LogP contribution in [0, 0.1) is 5.92 Å². The average molecular weight is 356 g/mol. The molecule has 0 aliphatic rings. The molecule has 7 heteroatoms. The number of hydrogen-bond donors (Lipinski definition) is 2. The van der Waals surface area contributed by atoms with Gasteiger partial charge in [0.1, 0.15) is 0 Å². The van der Waals surface area contributed by atoms with Crippen LogP contribution >= 0.6 is 27.5 Å². The van der Waals surface area contributed by atoms with Gasteiger partial charge < -0.3 is 5.73 Å². The summed E-state index contributed by atoms with van der Waals surface area (Å²) in [5.41, 5.74) is 5.97. The first-order valence-corrected chi connectivity index (χ1v) is 8.13. The molecular weight excluding hydrogens is 340 g/mol. The van der Waals surface area contributed by atoms with Gasteiger partial charge in [-0.1, -0.05) is 25.4 Å². The Balaban J connectivity index is 2.98. The fourth-order valence-electron chi connectivity index (χ4n) is 1.34. The van der Waals surface area contributed by atoms with Crippen LogP contribution in [0.25, 0.3) is 0 Å². The molecule has 0 fully saturated rings. The van der Waals surface area contributed by atoms with Gasteiger partial charge in [0.15, 0.2) is 0 Å². The van der Waals surface area contributed by atoms with Crippen molar-refractivity contribution < 1.29 is 8.42 Å². The Labute approximate surface area is 121 Å². The monoisotopic (exact) mass is 354 g/mol. The first-order valence-electron chi connectivity index (χ1n) is 5.48. The van der Waals surface area contributed by atoms with Crippen LogP contribution in [0.5, 0.6) is 0 Å². The molecule has 102 valence electrons. The smallest absolute Gasteiger partial charge is 0.241 e. The SMILES string of the molecule is CC(C)CCNS(=O)(=O)c1cc(Cl)cc(N)c1Br. The summed E-state index contributed by atoms with van der Waals surface area (Å²) in [6.07, 6.45) is 0.771. The molecule has 0 amide bonds. The highest BCUT2D eigenvalue weighted by Gasteiger charge is 2.19. The molecule has 0 aliphatic heterocycles. The maximum Gasteiger partial charge on any atom is 0.241 e. The summed E-state index contributed by atoms with van der Waals surface area (Å²) in [6, 6.07) is 2.87. The zero-order valence-electron chi connectivity index (χ0n) is 10.2. The van der Waals surface area contributed by atoms with Crippen LogP contribution in [0.3, 0.4) is 0 Å². The maximum atomic E-state index is 12.1. The minimum absolute atomic E-state index is 0.0660. The van der Waals surface area contributed by atoms with E-state index >= 15 is 0 Å². The van der Waals surface area contributed by atoms with Crippen molar-refractivity contribution in [2.75, 3.05) is 12.3 Å². The second-order valence-electron chi connectivity index (χ2n) is 4.39. The standard InChI is InChI=1S/C11H16BrClN2O2S/c1-7(2)3-4-15-18(16,17)10-6-8(13)5-9(14)11(10)12/h5-7,15H,3-4,14H2,1-2H3. The number of hydrogen-bond acceptors (Lipinski definition) is 3. The van der Waals surface area contributed by atoms with Crippen molar-refractivity contribution in [1.29, 1.82) is 0 Å². The number of nitrogens with one attached hydrogen (secondary N) is 1. The Kier molecular flexibility index (Phi) is 5.46. The van der Waals surface area contributed by atoms with Crippen molar-refractivity contribution in [3.63, 3.8) is 0 Å². The fraction of sp³-hybridized carbons (Fsp3) is 0.455. The molecule has 1 aromatic carbocycles. The third-order valence-corrected chi connectivity index (χ3v) is 5.19. The van der Waals surface area contributed by atoms with E-state index < -0.39 is 10.0 Å². The molecule has 0 aliphatic carbocycles. The Morgan fingerprint density at radius 2 is 2.06 bits per heavy atom. The lowest BCUT2D eigenvalue weighted by Gasteiger charge is -2.11. The van der Waals surface area contributed by atoms with Crippen LogP contribution in [0.1, 0.15) is 20.3 Å². The highest BCUT2D eigenvalue weighted by Crippen LogP contribution is 2.31. The molecule has 0 atom stereocenters. The molecule has 0 heterocycles. The molecule has 1 aromatic rings. The molecule has 0 spiro atoms. The Bertz CT molecular complexity index is 532. The minimum atomic E-state index is -3.59. The lowest BCUT2D eigenvalue weighted by atomic mass is 10.1. The topological polar surface area (TPSA) is 72.2 Å².